The van der Waals surface area contributed by atoms with Crippen LogP contribution >= 0.6 is 12.4 Å². The number of benzene rings is 2. The normalized spacial score (nSPS) is 16.5. The third kappa shape index (κ3) is 4.33. The molecule has 1 heterocycles. The highest BCUT2D eigenvalue weighted by Crippen LogP contribution is 2.29. The van der Waals surface area contributed by atoms with Crippen LogP contribution in [0.15, 0.2) is 60.7 Å². The minimum atomic E-state index is 0. The summed E-state index contributed by atoms with van der Waals surface area (Å²) in [4.78, 5) is 2.37. The average molecular weight is 318 g/mol. The fourth-order valence-corrected chi connectivity index (χ4v) is 2.92. The molecule has 2 aromatic rings. The van der Waals surface area contributed by atoms with Crippen LogP contribution < -0.4 is 0 Å². The Hall–Kier alpha value is -1.35. The predicted molar refractivity (Wildman–Crippen MR) is 93.6 cm³/mol. The van der Waals surface area contributed by atoms with Crippen LogP contribution in [0.1, 0.15) is 30.1 Å². The Morgan fingerprint density at radius 2 is 1.32 bits per heavy atom. The Balaban J connectivity index is 0.00000176. The molecule has 0 aromatic heterocycles. The number of halogens is 1. The molecule has 1 saturated heterocycles. The summed E-state index contributed by atoms with van der Waals surface area (Å²) in [6.45, 7) is 2.25. The van der Waals surface area contributed by atoms with Gasteiger partial charge in [-0.25, -0.2) is 0 Å². The maximum Gasteiger partial charge on any atom is 0.108 e. The van der Waals surface area contributed by atoms with Crippen LogP contribution in [0.3, 0.4) is 0 Å². The summed E-state index contributed by atoms with van der Waals surface area (Å²) in [5.41, 5.74) is 2.48. The van der Waals surface area contributed by atoms with Gasteiger partial charge in [0.1, 0.15) is 6.10 Å². The minimum absolute atomic E-state index is 0. The van der Waals surface area contributed by atoms with Crippen LogP contribution in [0.4, 0.5) is 0 Å². The van der Waals surface area contributed by atoms with Gasteiger partial charge in [-0.05, 0) is 31.0 Å². The largest absolute Gasteiger partial charge is 0.365 e. The van der Waals surface area contributed by atoms with Crippen molar-refractivity contribution in [3.8, 4) is 0 Å². The van der Waals surface area contributed by atoms with E-state index in [1.54, 1.807) is 0 Å². The molecule has 3 heteroatoms. The molecule has 0 atom stereocenters. The first-order valence-corrected chi connectivity index (χ1v) is 7.77. The van der Waals surface area contributed by atoms with Gasteiger partial charge in [0.25, 0.3) is 0 Å². The molecule has 0 aliphatic carbocycles. The third-order valence-corrected chi connectivity index (χ3v) is 4.20. The van der Waals surface area contributed by atoms with E-state index in [4.69, 9.17) is 4.74 Å². The molecule has 2 nitrogen and oxygen atoms in total. The molecule has 0 saturated carbocycles. The molecule has 0 spiro atoms. The van der Waals surface area contributed by atoms with Crippen LogP contribution in [0.25, 0.3) is 0 Å². The summed E-state index contributed by atoms with van der Waals surface area (Å²) in [5.74, 6) is 0. The molecule has 2 aromatic carbocycles. The number of rotatable bonds is 4. The second-order valence-corrected chi connectivity index (χ2v) is 5.84. The van der Waals surface area contributed by atoms with Gasteiger partial charge >= 0.3 is 0 Å². The minimum Gasteiger partial charge on any atom is -0.365 e. The monoisotopic (exact) mass is 317 g/mol. The van der Waals surface area contributed by atoms with Gasteiger partial charge in [0, 0.05) is 13.1 Å². The number of ether oxygens (including phenoxy) is 1. The molecular weight excluding hydrogens is 294 g/mol. The summed E-state index contributed by atoms with van der Waals surface area (Å²) in [6, 6.07) is 21.1. The molecule has 1 aliphatic heterocycles. The second-order valence-electron chi connectivity index (χ2n) is 5.84. The number of hydrogen-bond donors (Lipinski definition) is 0. The second kappa shape index (κ2) is 8.33. The fourth-order valence-electron chi connectivity index (χ4n) is 2.92. The van der Waals surface area contributed by atoms with Gasteiger partial charge in [-0.15, -0.1) is 12.4 Å². The van der Waals surface area contributed by atoms with Crippen molar-refractivity contribution in [3.05, 3.63) is 71.8 Å². The Morgan fingerprint density at radius 1 is 0.864 bits per heavy atom. The Kier molecular flexibility index (Phi) is 6.44. The molecule has 0 N–H and O–H groups in total. The number of piperidine rings is 1. The van der Waals surface area contributed by atoms with E-state index in [0.29, 0.717) is 6.10 Å². The van der Waals surface area contributed by atoms with Crippen LogP contribution in [-0.2, 0) is 4.74 Å². The lowest BCUT2D eigenvalue weighted by molar-refractivity contribution is -0.0234. The van der Waals surface area contributed by atoms with Gasteiger partial charge < -0.3 is 9.64 Å². The summed E-state index contributed by atoms with van der Waals surface area (Å²) in [6.07, 6.45) is 2.63. The number of likely N-dealkylation sites (tertiary alicyclic amines) is 1. The summed E-state index contributed by atoms with van der Waals surface area (Å²) >= 11 is 0. The van der Waals surface area contributed by atoms with Gasteiger partial charge in [-0.2, -0.15) is 0 Å². The van der Waals surface area contributed by atoms with Crippen LogP contribution in [0.5, 0.6) is 0 Å². The molecule has 0 bridgehead atoms. The van der Waals surface area contributed by atoms with E-state index in [9.17, 15) is 0 Å². The van der Waals surface area contributed by atoms with E-state index in [1.807, 2.05) is 0 Å². The lowest BCUT2D eigenvalue weighted by atomic mass is 10.00. The van der Waals surface area contributed by atoms with Gasteiger partial charge in [-0.3, -0.25) is 0 Å². The number of nitrogens with zero attached hydrogens (tertiary/aromatic N) is 1. The van der Waals surface area contributed by atoms with Crippen molar-refractivity contribution < 1.29 is 4.74 Å². The van der Waals surface area contributed by atoms with Crippen molar-refractivity contribution >= 4 is 12.4 Å². The Bertz CT molecular complexity index is 498. The van der Waals surface area contributed by atoms with Gasteiger partial charge in [0.2, 0.25) is 0 Å². The highest BCUT2D eigenvalue weighted by atomic mass is 35.5. The number of hydrogen-bond acceptors (Lipinski definition) is 2. The van der Waals surface area contributed by atoms with Crippen molar-refractivity contribution in [1.29, 1.82) is 0 Å². The SMILES string of the molecule is CN1CCC(OC(c2ccccc2)c2ccccc2)CC1.Cl. The van der Waals surface area contributed by atoms with Crippen LogP contribution in [-0.4, -0.2) is 31.1 Å². The van der Waals surface area contributed by atoms with E-state index in [2.05, 4.69) is 72.6 Å². The molecule has 1 aliphatic rings. The Morgan fingerprint density at radius 3 is 1.77 bits per heavy atom. The lowest BCUT2D eigenvalue weighted by Gasteiger charge is -2.32. The highest BCUT2D eigenvalue weighted by molar-refractivity contribution is 5.85. The standard InChI is InChI=1S/C19H23NO.ClH/c1-20-14-12-18(13-15-20)21-19(16-8-4-2-5-9-16)17-10-6-3-7-11-17;/h2-11,18-19H,12-15H2,1H3;1H. The zero-order valence-corrected chi connectivity index (χ0v) is 13.8. The quantitative estimate of drug-likeness (QED) is 0.833. The van der Waals surface area contributed by atoms with Crippen LogP contribution in [0.2, 0.25) is 0 Å². The van der Waals surface area contributed by atoms with Gasteiger partial charge in [0.15, 0.2) is 0 Å². The fraction of sp³-hybridized carbons (Fsp3) is 0.368. The summed E-state index contributed by atoms with van der Waals surface area (Å²) in [7, 11) is 2.18. The van der Waals surface area contributed by atoms with E-state index in [-0.39, 0.29) is 18.5 Å². The van der Waals surface area contributed by atoms with Crippen molar-refractivity contribution in [2.24, 2.45) is 0 Å². The van der Waals surface area contributed by atoms with Crippen LogP contribution in [0, 0.1) is 0 Å². The molecule has 118 valence electrons. The maximum absolute atomic E-state index is 6.49. The molecule has 1 fully saturated rings. The zero-order chi connectivity index (χ0) is 14.5. The maximum atomic E-state index is 6.49. The van der Waals surface area contributed by atoms with Crippen molar-refractivity contribution in [3.63, 3.8) is 0 Å². The van der Waals surface area contributed by atoms with E-state index < -0.39 is 0 Å². The first-order valence-electron chi connectivity index (χ1n) is 7.77. The first kappa shape index (κ1) is 17.0. The van der Waals surface area contributed by atoms with Crippen molar-refractivity contribution in [2.45, 2.75) is 25.0 Å². The summed E-state index contributed by atoms with van der Waals surface area (Å²) < 4.78 is 6.49. The lowest BCUT2D eigenvalue weighted by Crippen LogP contribution is -2.35. The zero-order valence-electron chi connectivity index (χ0n) is 13.0. The van der Waals surface area contributed by atoms with Gasteiger partial charge in [-0.1, -0.05) is 60.7 Å². The van der Waals surface area contributed by atoms with E-state index >= 15 is 0 Å². The Labute approximate surface area is 139 Å². The van der Waals surface area contributed by atoms with Crippen molar-refractivity contribution in [2.75, 3.05) is 20.1 Å². The highest BCUT2D eigenvalue weighted by Gasteiger charge is 2.23. The first-order chi connectivity index (χ1) is 10.3. The molecule has 0 amide bonds. The smallest absolute Gasteiger partial charge is 0.108 e. The van der Waals surface area contributed by atoms with Crippen molar-refractivity contribution in [1.82, 2.24) is 4.90 Å². The molecule has 0 radical (unpaired) electrons. The van der Waals surface area contributed by atoms with E-state index in [0.717, 1.165) is 25.9 Å². The molecular formula is C19H24ClNO. The van der Waals surface area contributed by atoms with E-state index in [1.165, 1.54) is 11.1 Å². The average Bonchev–Trinajstić information content (AvgIpc) is 2.56. The topological polar surface area (TPSA) is 12.5 Å². The molecule has 3 rings (SSSR count). The molecule has 0 unspecified atom stereocenters. The third-order valence-electron chi connectivity index (χ3n) is 4.20. The van der Waals surface area contributed by atoms with Gasteiger partial charge in [0.05, 0.1) is 6.10 Å². The molecule has 22 heavy (non-hydrogen) atoms. The summed E-state index contributed by atoms with van der Waals surface area (Å²) in [5, 5.41) is 0. The predicted octanol–water partition coefficient (Wildman–Crippen LogP) is 4.31.